The van der Waals surface area contributed by atoms with E-state index >= 15 is 0 Å². The molecule has 0 fully saturated rings. The minimum Gasteiger partial charge on any atom is -0.271 e. The molecule has 0 bridgehead atoms. The van der Waals surface area contributed by atoms with Crippen molar-refractivity contribution in [1.29, 1.82) is 0 Å². The third-order valence-electron chi connectivity index (χ3n) is 1.72. The first-order valence-corrected chi connectivity index (χ1v) is 4.52. The highest BCUT2D eigenvalue weighted by atomic mass is 79.9. The Kier molecular flexibility index (Phi) is 3.59. The molecule has 0 saturated heterocycles. The van der Waals surface area contributed by atoms with Gasteiger partial charge in [-0.05, 0) is 33.6 Å². The number of hydrazine groups is 1. The number of nitrogens with two attached hydrogens (primary N) is 1. The van der Waals surface area contributed by atoms with E-state index < -0.39 is 0 Å². The van der Waals surface area contributed by atoms with Crippen LogP contribution in [0.25, 0.3) is 0 Å². The van der Waals surface area contributed by atoms with Crippen molar-refractivity contribution in [1.82, 2.24) is 5.43 Å². The van der Waals surface area contributed by atoms with Gasteiger partial charge in [-0.1, -0.05) is 12.1 Å². The van der Waals surface area contributed by atoms with Gasteiger partial charge in [-0.25, -0.2) is 9.82 Å². The van der Waals surface area contributed by atoms with Gasteiger partial charge in [-0.15, -0.1) is 6.58 Å². The molecule has 0 amide bonds. The van der Waals surface area contributed by atoms with Gasteiger partial charge in [0.2, 0.25) is 0 Å². The molecule has 0 aliphatic rings. The summed E-state index contributed by atoms with van der Waals surface area (Å²) in [6.07, 6.45) is 1.65. The molecule has 13 heavy (non-hydrogen) atoms. The van der Waals surface area contributed by atoms with E-state index in [1.807, 2.05) is 0 Å². The van der Waals surface area contributed by atoms with Crippen LogP contribution in [0.15, 0.2) is 35.3 Å². The van der Waals surface area contributed by atoms with Gasteiger partial charge in [0.25, 0.3) is 0 Å². The van der Waals surface area contributed by atoms with Gasteiger partial charge in [-0.2, -0.15) is 0 Å². The summed E-state index contributed by atoms with van der Waals surface area (Å²) in [5.74, 6) is 4.98. The number of benzene rings is 1. The smallest absolute Gasteiger partial charge is 0.137 e. The van der Waals surface area contributed by atoms with E-state index in [-0.39, 0.29) is 11.9 Å². The second kappa shape index (κ2) is 4.50. The van der Waals surface area contributed by atoms with Crippen molar-refractivity contribution >= 4 is 15.9 Å². The molecule has 0 saturated carbocycles. The predicted octanol–water partition coefficient (Wildman–Crippen LogP) is 2.28. The third-order valence-corrected chi connectivity index (χ3v) is 2.33. The zero-order valence-electron chi connectivity index (χ0n) is 6.93. The highest BCUT2D eigenvalue weighted by Crippen LogP contribution is 2.21. The molecule has 70 valence electrons. The van der Waals surface area contributed by atoms with Crippen LogP contribution in [-0.2, 0) is 0 Å². The Labute approximate surface area is 84.7 Å². The lowest BCUT2D eigenvalue weighted by Crippen LogP contribution is -2.26. The average molecular weight is 245 g/mol. The molecule has 0 spiro atoms. The van der Waals surface area contributed by atoms with Crippen molar-refractivity contribution in [2.24, 2.45) is 5.84 Å². The van der Waals surface area contributed by atoms with E-state index in [9.17, 15) is 4.39 Å². The Bertz CT molecular complexity index is 314. The topological polar surface area (TPSA) is 38.0 Å². The van der Waals surface area contributed by atoms with Crippen molar-refractivity contribution < 1.29 is 4.39 Å². The predicted molar refractivity (Wildman–Crippen MR) is 54.4 cm³/mol. The van der Waals surface area contributed by atoms with E-state index in [2.05, 4.69) is 27.9 Å². The summed E-state index contributed by atoms with van der Waals surface area (Å²) in [6.45, 7) is 3.61. The maximum atomic E-state index is 12.8. The van der Waals surface area contributed by atoms with Crippen LogP contribution in [0.3, 0.4) is 0 Å². The Balaban J connectivity index is 3.01. The largest absolute Gasteiger partial charge is 0.271 e. The van der Waals surface area contributed by atoms with Crippen molar-refractivity contribution in [2.45, 2.75) is 6.04 Å². The van der Waals surface area contributed by atoms with Crippen LogP contribution in [0.2, 0.25) is 0 Å². The molecule has 1 rings (SSSR count). The lowest BCUT2D eigenvalue weighted by molar-refractivity contribution is 0.614. The van der Waals surface area contributed by atoms with Gasteiger partial charge in [-0.3, -0.25) is 5.84 Å². The monoisotopic (exact) mass is 244 g/mol. The van der Waals surface area contributed by atoms with E-state index in [0.29, 0.717) is 4.47 Å². The summed E-state index contributed by atoms with van der Waals surface area (Å²) in [5.41, 5.74) is 3.42. The Morgan fingerprint density at radius 1 is 1.62 bits per heavy atom. The van der Waals surface area contributed by atoms with E-state index in [1.165, 1.54) is 6.07 Å². The molecule has 1 atom stereocenters. The first kappa shape index (κ1) is 10.4. The molecular formula is C9H10BrFN2. The molecule has 0 radical (unpaired) electrons. The average Bonchev–Trinajstić information content (AvgIpc) is 2.13. The van der Waals surface area contributed by atoms with Crippen molar-refractivity contribution in [3.05, 3.63) is 46.7 Å². The number of hydrogen-bond donors (Lipinski definition) is 2. The van der Waals surface area contributed by atoms with Gasteiger partial charge in [0.15, 0.2) is 0 Å². The number of nitrogens with one attached hydrogen (secondary N) is 1. The summed E-state index contributed by atoms with van der Waals surface area (Å²) in [6, 6.07) is 4.55. The minimum absolute atomic E-state index is 0.156. The van der Waals surface area contributed by atoms with Gasteiger partial charge < -0.3 is 0 Å². The Hall–Kier alpha value is -0.710. The molecule has 0 heterocycles. The minimum atomic E-state index is -0.288. The summed E-state index contributed by atoms with van der Waals surface area (Å²) in [4.78, 5) is 0. The highest BCUT2D eigenvalue weighted by molar-refractivity contribution is 9.10. The van der Waals surface area contributed by atoms with Crippen LogP contribution in [-0.4, -0.2) is 0 Å². The van der Waals surface area contributed by atoms with E-state index in [0.717, 1.165) is 5.56 Å². The van der Waals surface area contributed by atoms with E-state index in [1.54, 1.807) is 18.2 Å². The number of hydrogen-bond acceptors (Lipinski definition) is 2. The standard InChI is InChI=1S/C9H10BrFN2/c1-2-9(13-12)6-3-4-8(11)7(10)5-6/h2-5,9,13H,1,12H2. The molecule has 0 aliphatic heterocycles. The zero-order chi connectivity index (χ0) is 9.84. The van der Waals surface area contributed by atoms with Crippen LogP contribution in [0, 0.1) is 5.82 Å². The van der Waals surface area contributed by atoms with Crippen LogP contribution in [0.1, 0.15) is 11.6 Å². The third kappa shape index (κ3) is 2.37. The van der Waals surface area contributed by atoms with E-state index in [4.69, 9.17) is 5.84 Å². The first-order chi connectivity index (χ1) is 6.19. The Morgan fingerprint density at radius 2 is 2.31 bits per heavy atom. The fourth-order valence-corrected chi connectivity index (χ4v) is 1.40. The van der Waals surface area contributed by atoms with Gasteiger partial charge in [0, 0.05) is 0 Å². The highest BCUT2D eigenvalue weighted by Gasteiger charge is 2.06. The fraction of sp³-hybridized carbons (Fsp3) is 0.111. The molecule has 4 heteroatoms. The molecule has 0 aliphatic carbocycles. The van der Waals surface area contributed by atoms with Crippen LogP contribution >= 0.6 is 15.9 Å². The first-order valence-electron chi connectivity index (χ1n) is 3.72. The number of halogens is 2. The van der Waals surface area contributed by atoms with Gasteiger partial charge >= 0.3 is 0 Å². The van der Waals surface area contributed by atoms with Crippen LogP contribution in [0.5, 0.6) is 0 Å². The summed E-state index contributed by atoms with van der Waals surface area (Å²) >= 11 is 3.09. The fourth-order valence-electron chi connectivity index (χ4n) is 1.01. The normalized spacial score (nSPS) is 12.5. The van der Waals surface area contributed by atoms with Crippen molar-refractivity contribution in [2.75, 3.05) is 0 Å². The SMILES string of the molecule is C=CC(NN)c1ccc(F)c(Br)c1. The maximum absolute atomic E-state index is 12.8. The molecule has 1 aromatic carbocycles. The zero-order valence-corrected chi connectivity index (χ0v) is 8.51. The van der Waals surface area contributed by atoms with Crippen LogP contribution < -0.4 is 11.3 Å². The van der Waals surface area contributed by atoms with Gasteiger partial charge in [0.05, 0.1) is 10.5 Å². The molecule has 3 N–H and O–H groups in total. The lowest BCUT2D eigenvalue weighted by atomic mass is 10.1. The van der Waals surface area contributed by atoms with Crippen LogP contribution in [0.4, 0.5) is 4.39 Å². The second-order valence-corrected chi connectivity index (χ2v) is 3.41. The second-order valence-electron chi connectivity index (χ2n) is 2.55. The summed E-state index contributed by atoms with van der Waals surface area (Å²) < 4.78 is 13.3. The lowest BCUT2D eigenvalue weighted by Gasteiger charge is -2.11. The van der Waals surface area contributed by atoms with Crippen molar-refractivity contribution in [3.8, 4) is 0 Å². The Morgan fingerprint density at radius 3 is 2.77 bits per heavy atom. The summed E-state index contributed by atoms with van der Waals surface area (Å²) in [5, 5.41) is 0. The molecule has 0 aromatic heterocycles. The molecule has 2 nitrogen and oxygen atoms in total. The van der Waals surface area contributed by atoms with Crippen molar-refractivity contribution in [3.63, 3.8) is 0 Å². The number of rotatable bonds is 3. The molecule has 1 aromatic rings. The summed E-state index contributed by atoms with van der Waals surface area (Å²) in [7, 11) is 0. The maximum Gasteiger partial charge on any atom is 0.137 e. The molecular weight excluding hydrogens is 235 g/mol. The van der Waals surface area contributed by atoms with Gasteiger partial charge in [0.1, 0.15) is 5.82 Å². The molecule has 1 unspecified atom stereocenters. The quantitative estimate of drug-likeness (QED) is 0.487.